The number of carbonyl (C=O) groups excluding carboxylic acids is 3. The average Bonchev–Trinajstić information content (AvgIpc) is 2.64. The van der Waals surface area contributed by atoms with Gasteiger partial charge in [-0.3, -0.25) is 9.59 Å². The number of ketones is 2. The van der Waals surface area contributed by atoms with Crippen LogP contribution < -0.4 is 4.74 Å². The highest BCUT2D eigenvalue weighted by Gasteiger charge is 2.37. The number of benzene rings is 2. The summed E-state index contributed by atoms with van der Waals surface area (Å²) in [5.41, 5.74) is 0.936. The van der Waals surface area contributed by atoms with Crippen LogP contribution in [-0.4, -0.2) is 36.9 Å². The second-order valence-electron chi connectivity index (χ2n) is 5.95. The van der Waals surface area contributed by atoms with E-state index in [-0.39, 0.29) is 39.3 Å². The first kappa shape index (κ1) is 17.7. The summed E-state index contributed by atoms with van der Waals surface area (Å²) in [5.74, 6) is -1.59. The molecule has 134 valence electrons. The van der Waals surface area contributed by atoms with Crippen LogP contribution in [0.1, 0.15) is 61.1 Å². The van der Waals surface area contributed by atoms with Crippen molar-refractivity contribution < 1.29 is 29.0 Å². The van der Waals surface area contributed by atoms with Crippen LogP contribution in [0.2, 0.25) is 0 Å². The lowest BCUT2D eigenvalue weighted by molar-refractivity contribution is 0.0595. The summed E-state index contributed by atoms with van der Waals surface area (Å²) >= 11 is 0. The summed E-state index contributed by atoms with van der Waals surface area (Å²) in [6, 6.07) is 5.77. The van der Waals surface area contributed by atoms with E-state index in [0.717, 1.165) is 0 Å². The monoisotopic (exact) mass is 354 g/mol. The maximum Gasteiger partial charge on any atom is 0.341 e. The third-order valence-electron chi connectivity index (χ3n) is 4.49. The Bertz CT molecular complexity index is 942. The van der Waals surface area contributed by atoms with Gasteiger partial charge in [-0.2, -0.15) is 0 Å². The fraction of sp³-hybridized carbons (Fsp3) is 0.250. The van der Waals surface area contributed by atoms with E-state index in [4.69, 9.17) is 9.47 Å². The second kappa shape index (κ2) is 6.63. The number of phenolic OH excluding ortho intramolecular Hbond substituents is 1. The van der Waals surface area contributed by atoms with Gasteiger partial charge in [-0.05, 0) is 24.1 Å². The van der Waals surface area contributed by atoms with Crippen LogP contribution >= 0.6 is 0 Å². The number of fused-ring (bicyclic) bond motifs is 2. The topological polar surface area (TPSA) is 89.9 Å². The maximum atomic E-state index is 13.1. The van der Waals surface area contributed by atoms with Crippen molar-refractivity contribution >= 4 is 17.5 Å². The van der Waals surface area contributed by atoms with E-state index >= 15 is 0 Å². The molecule has 0 amide bonds. The van der Waals surface area contributed by atoms with Crippen LogP contribution in [0.15, 0.2) is 24.3 Å². The summed E-state index contributed by atoms with van der Waals surface area (Å²) in [5, 5.41) is 10.1. The van der Waals surface area contributed by atoms with Crippen LogP contribution in [0.25, 0.3) is 0 Å². The average molecular weight is 354 g/mol. The first-order valence-corrected chi connectivity index (χ1v) is 8.19. The molecule has 0 saturated heterocycles. The van der Waals surface area contributed by atoms with E-state index in [1.807, 2.05) is 6.92 Å². The molecule has 2 aromatic carbocycles. The number of aromatic hydroxyl groups is 1. The second-order valence-corrected chi connectivity index (χ2v) is 5.95. The van der Waals surface area contributed by atoms with E-state index in [1.54, 1.807) is 0 Å². The Hall–Kier alpha value is -3.15. The molecule has 0 heterocycles. The molecule has 0 unspecified atom stereocenters. The lowest BCUT2D eigenvalue weighted by atomic mass is 9.79. The number of hydrogen-bond donors (Lipinski definition) is 1. The normalized spacial score (nSPS) is 12.4. The van der Waals surface area contributed by atoms with Gasteiger partial charge in [0.15, 0.2) is 11.6 Å². The first-order chi connectivity index (χ1) is 12.5. The SMILES string of the molecule is CCCc1c(C(=O)OC)c(OC)cc2c1C(=O)c1c(O)cccc1C2=O. The first-order valence-electron chi connectivity index (χ1n) is 8.19. The molecule has 0 fully saturated rings. The molecule has 26 heavy (non-hydrogen) atoms. The molecular formula is C20H18O6. The molecule has 0 radical (unpaired) electrons. The van der Waals surface area contributed by atoms with Gasteiger partial charge in [0, 0.05) is 16.7 Å². The van der Waals surface area contributed by atoms with Crippen molar-refractivity contribution in [1.29, 1.82) is 0 Å². The Kier molecular flexibility index (Phi) is 4.50. The molecule has 0 aromatic heterocycles. The fourth-order valence-corrected chi connectivity index (χ4v) is 3.38. The minimum absolute atomic E-state index is 0.0386. The van der Waals surface area contributed by atoms with Gasteiger partial charge in [-0.25, -0.2) is 4.79 Å². The Morgan fingerprint density at radius 3 is 2.42 bits per heavy atom. The number of methoxy groups -OCH3 is 2. The largest absolute Gasteiger partial charge is 0.507 e. The predicted octanol–water partition coefficient (Wildman–Crippen LogP) is 2.92. The molecule has 3 rings (SSSR count). The molecule has 6 heteroatoms. The quantitative estimate of drug-likeness (QED) is 0.725. The number of ether oxygens (including phenoxy) is 2. The van der Waals surface area contributed by atoms with Crippen LogP contribution in [0, 0.1) is 0 Å². The van der Waals surface area contributed by atoms with Crippen LogP contribution in [0.4, 0.5) is 0 Å². The predicted molar refractivity (Wildman–Crippen MR) is 93.3 cm³/mol. The number of rotatable bonds is 4. The lowest BCUT2D eigenvalue weighted by Crippen LogP contribution is -2.25. The summed E-state index contributed by atoms with van der Waals surface area (Å²) in [4.78, 5) is 38.4. The van der Waals surface area contributed by atoms with Crippen molar-refractivity contribution in [3.8, 4) is 11.5 Å². The summed E-state index contributed by atoms with van der Waals surface area (Å²) in [6.45, 7) is 1.90. The molecule has 0 aliphatic heterocycles. The smallest absolute Gasteiger partial charge is 0.341 e. The Morgan fingerprint density at radius 1 is 1.08 bits per heavy atom. The molecule has 0 spiro atoms. The number of esters is 1. The van der Waals surface area contributed by atoms with Gasteiger partial charge >= 0.3 is 5.97 Å². The minimum Gasteiger partial charge on any atom is -0.507 e. The van der Waals surface area contributed by atoms with Crippen molar-refractivity contribution in [1.82, 2.24) is 0 Å². The van der Waals surface area contributed by atoms with Crippen molar-refractivity contribution in [3.63, 3.8) is 0 Å². The Labute approximate surface area is 150 Å². The third kappa shape index (κ3) is 2.45. The van der Waals surface area contributed by atoms with Gasteiger partial charge in [0.05, 0.1) is 19.8 Å². The zero-order valence-electron chi connectivity index (χ0n) is 14.7. The highest BCUT2D eigenvalue weighted by Crippen LogP contribution is 2.39. The van der Waals surface area contributed by atoms with Gasteiger partial charge in [0.2, 0.25) is 0 Å². The zero-order valence-corrected chi connectivity index (χ0v) is 14.7. The fourth-order valence-electron chi connectivity index (χ4n) is 3.38. The van der Waals surface area contributed by atoms with Gasteiger partial charge in [0.1, 0.15) is 17.1 Å². The molecule has 2 aromatic rings. The molecule has 6 nitrogen and oxygen atoms in total. The number of phenols is 1. The van der Waals surface area contributed by atoms with Crippen molar-refractivity contribution in [2.75, 3.05) is 14.2 Å². The van der Waals surface area contributed by atoms with Crippen LogP contribution in [0.3, 0.4) is 0 Å². The molecule has 1 aliphatic rings. The summed E-state index contributed by atoms with van der Waals surface area (Å²) < 4.78 is 10.2. The van der Waals surface area contributed by atoms with Gasteiger partial charge in [0.25, 0.3) is 0 Å². The van der Waals surface area contributed by atoms with Crippen molar-refractivity contribution in [2.24, 2.45) is 0 Å². The molecule has 1 N–H and O–H groups in total. The zero-order chi connectivity index (χ0) is 19.0. The highest BCUT2D eigenvalue weighted by atomic mass is 16.5. The highest BCUT2D eigenvalue weighted by molar-refractivity contribution is 6.30. The number of carbonyl (C=O) groups is 3. The summed E-state index contributed by atoms with van der Waals surface area (Å²) in [6.07, 6.45) is 1.02. The van der Waals surface area contributed by atoms with Gasteiger partial charge in [-0.15, -0.1) is 0 Å². The summed E-state index contributed by atoms with van der Waals surface area (Å²) in [7, 11) is 2.63. The molecule has 1 aliphatic carbocycles. The number of hydrogen-bond acceptors (Lipinski definition) is 6. The molecule has 0 bridgehead atoms. The molecule has 0 atom stereocenters. The Morgan fingerprint density at radius 2 is 1.81 bits per heavy atom. The van der Waals surface area contributed by atoms with Crippen LogP contribution in [-0.2, 0) is 11.2 Å². The van der Waals surface area contributed by atoms with Gasteiger partial charge in [-0.1, -0.05) is 25.5 Å². The molecule has 0 saturated carbocycles. The van der Waals surface area contributed by atoms with Crippen LogP contribution in [0.5, 0.6) is 11.5 Å². The van der Waals surface area contributed by atoms with E-state index in [1.165, 1.54) is 38.5 Å². The maximum absolute atomic E-state index is 13.1. The van der Waals surface area contributed by atoms with Gasteiger partial charge < -0.3 is 14.6 Å². The Balaban J connectivity index is 2.41. The van der Waals surface area contributed by atoms with E-state index in [0.29, 0.717) is 18.4 Å². The minimum atomic E-state index is -0.642. The van der Waals surface area contributed by atoms with Crippen molar-refractivity contribution in [3.05, 3.63) is 57.6 Å². The van der Waals surface area contributed by atoms with E-state index in [2.05, 4.69) is 0 Å². The standard InChI is InChI=1S/C20H18O6/c1-4-6-10-15-12(9-14(25-2)17(10)20(24)26-3)18(22)11-7-5-8-13(21)16(11)19(15)23/h5,7-9,21H,4,6H2,1-3H3. The van der Waals surface area contributed by atoms with E-state index in [9.17, 15) is 19.5 Å². The van der Waals surface area contributed by atoms with Crippen molar-refractivity contribution in [2.45, 2.75) is 19.8 Å². The molecular weight excluding hydrogens is 336 g/mol. The third-order valence-corrected chi connectivity index (χ3v) is 4.49. The van der Waals surface area contributed by atoms with E-state index < -0.39 is 17.5 Å². The lowest BCUT2D eigenvalue weighted by Gasteiger charge is -2.24.